The molecule has 1 aromatic carbocycles. The number of hydrogen-bond donors (Lipinski definition) is 0. The van der Waals surface area contributed by atoms with Crippen LogP contribution in [-0.4, -0.2) is 12.3 Å². The minimum Gasteiger partial charge on any atom is -0.0750 e. The molecule has 0 aliphatic rings. The van der Waals surface area contributed by atoms with E-state index in [1.165, 1.54) is 43.6 Å². The standard InChI is InChI=1S/C15H24P/c1-4-6-12-16(13-7-5-2)15-11-9-8-10-14(15)3/h8-11H,3-7,12-13H2,1-2H3. The SMILES string of the molecule is [CH2]c1ccccc1P(CCCC)CCCC. The van der Waals surface area contributed by atoms with Gasteiger partial charge >= 0.3 is 0 Å². The van der Waals surface area contributed by atoms with Crippen molar-refractivity contribution in [3.63, 3.8) is 0 Å². The van der Waals surface area contributed by atoms with E-state index in [1.807, 2.05) is 0 Å². The van der Waals surface area contributed by atoms with Crippen molar-refractivity contribution in [1.29, 1.82) is 0 Å². The van der Waals surface area contributed by atoms with Gasteiger partial charge < -0.3 is 0 Å². The quantitative estimate of drug-likeness (QED) is 0.607. The molecule has 0 amide bonds. The lowest BCUT2D eigenvalue weighted by Gasteiger charge is -2.19. The van der Waals surface area contributed by atoms with Crippen LogP contribution in [0.3, 0.4) is 0 Å². The van der Waals surface area contributed by atoms with Crippen molar-refractivity contribution < 1.29 is 0 Å². The summed E-state index contributed by atoms with van der Waals surface area (Å²) in [5.41, 5.74) is 1.25. The molecule has 0 saturated carbocycles. The third-order valence-corrected chi connectivity index (χ3v) is 5.73. The summed E-state index contributed by atoms with van der Waals surface area (Å²) in [6, 6.07) is 8.71. The van der Waals surface area contributed by atoms with E-state index in [0.717, 1.165) is 0 Å². The molecule has 0 fully saturated rings. The second kappa shape index (κ2) is 7.85. The lowest BCUT2D eigenvalue weighted by molar-refractivity contribution is 0.870. The highest BCUT2D eigenvalue weighted by Crippen LogP contribution is 2.37. The molecule has 0 atom stereocenters. The Hall–Kier alpha value is -0.350. The highest BCUT2D eigenvalue weighted by Gasteiger charge is 2.11. The van der Waals surface area contributed by atoms with E-state index in [2.05, 4.69) is 45.0 Å². The Bertz CT molecular complexity index is 285. The number of unbranched alkanes of at least 4 members (excludes halogenated alkanes) is 2. The number of benzene rings is 1. The van der Waals surface area contributed by atoms with Crippen LogP contribution in [0.25, 0.3) is 0 Å². The van der Waals surface area contributed by atoms with Gasteiger partial charge in [-0.15, -0.1) is 0 Å². The lowest BCUT2D eigenvalue weighted by atomic mass is 10.2. The molecule has 0 bridgehead atoms. The molecule has 0 N–H and O–H groups in total. The summed E-state index contributed by atoms with van der Waals surface area (Å²) in [5, 5.41) is 1.54. The average Bonchev–Trinajstić information content (AvgIpc) is 2.31. The first-order valence-corrected chi connectivity index (χ1v) is 8.16. The topological polar surface area (TPSA) is 0 Å². The van der Waals surface area contributed by atoms with Crippen molar-refractivity contribution in [3.05, 3.63) is 36.8 Å². The Labute approximate surface area is 102 Å². The maximum absolute atomic E-state index is 4.17. The van der Waals surface area contributed by atoms with Gasteiger partial charge in [0.1, 0.15) is 0 Å². The predicted octanol–water partition coefficient (Wildman–Crippen LogP) is 4.58. The summed E-state index contributed by atoms with van der Waals surface area (Å²) in [7, 11) is 0.0491. The molecule has 0 heterocycles. The maximum atomic E-state index is 4.17. The number of rotatable bonds is 7. The van der Waals surface area contributed by atoms with Crippen LogP contribution in [0.5, 0.6) is 0 Å². The first-order chi connectivity index (χ1) is 7.79. The molecule has 0 aromatic heterocycles. The fourth-order valence-corrected chi connectivity index (χ4v) is 4.75. The summed E-state index contributed by atoms with van der Waals surface area (Å²) < 4.78 is 0. The van der Waals surface area contributed by atoms with Gasteiger partial charge in [0.05, 0.1) is 0 Å². The van der Waals surface area contributed by atoms with E-state index in [0.29, 0.717) is 0 Å². The van der Waals surface area contributed by atoms with E-state index < -0.39 is 0 Å². The van der Waals surface area contributed by atoms with E-state index >= 15 is 0 Å². The van der Waals surface area contributed by atoms with Crippen molar-refractivity contribution in [2.75, 3.05) is 12.3 Å². The fraction of sp³-hybridized carbons (Fsp3) is 0.533. The number of hydrogen-bond acceptors (Lipinski definition) is 0. The van der Waals surface area contributed by atoms with Crippen LogP contribution >= 0.6 is 7.92 Å². The molecule has 89 valence electrons. The van der Waals surface area contributed by atoms with Gasteiger partial charge in [-0.3, -0.25) is 0 Å². The van der Waals surface area contributed by atoms with Crippen LogP contribution in [0.4, 0.5) is 0 Å². The minimum absolute atomic E-state index is 0.0491. The average molecular weight is 235 g/mol. The van der Waals surface area contributed by atoms with Gasteiger partial charge in [-0.25, -0.2) is 0 Å². The zero-order chi connectivity index (χ0) is 11.8. The van der Waals surface area contributed by atoms with E-state index in [9.17, 15) is 0 Å². The monoisotopic (exact) mass is 235 g/mol. The van der Waals surface area contributed by atoms with Gasteiger partial charge in [-0.2, -0.15) is 0 Å². The first kappa shape index (κ1) is 13.7. The molecule has 0 saturated heterocycles. The maximum Gasteiger partial charge on any atom is -0.0208 e. The summed E-state index contributed by atoms with van der Waals surface area (Å²) in [6.45, 7) is 8.74. The van der Waals surface area contributed by atoms with Crippen LogP contribution in [0.15, 0.2) is 24.3 Å². The normalized spacial score (nSPS) is 11.0. The Morgan fingerprint density at radius 3 is 2.06 bits per heavy atom. The second-order valence-electron chi connectivity index (χ2n) is 4.32. The minimum atomic E-state index is 0.0491. The molecule has 0 aliphatic carbocycles. The molecule has 1 aromatic rings. The Morgan fingerprint density at radius 2 is 1.56 bits per heavy atom. The highest BCUT2D eigenvalue weighted by atomic mass is 31.1. The van der Waals surface area contributed by atoms with Gasteiger partial charge in [-0.05, 0) is 43.0 Å². The summed E-state index contributed by atoms with van der Waals surface area (Å²) in [5.74, 6) is 0. The van der Waals surface area contributed by atoms with Crippen LogP contribution in [0.2, 0.25) is 0 Å². The van der Waals surface area contributed by atoms with Crippen LogP contribution in [-0.2, 0) is 0 Å². The third kappa shape index (κ3) is 4.26. The summed E-state index contributed by atoms with van der Waals surface area (Å²) in [6.07, 6.45) is 8.12. The van der Waals surface area contributed by atoms with Crippen LogP contribution in [0, 0.1) is 6.92 Å². The molecule has 0 nitrogen and oxygen atoms in total. The van der Waals surface area contributed by atoms with E-state index in [4.69, 9.17) is 0 Å². The van der Waals surface area contributed by atoms with E-state index in [-0.39, 0.29) is 7.92 Å². The molecule has 16 heavy (non-hydrogen) atoms. The third-order valence-electron chi connectivity index (χ3n) is 2.90. The van der Waals surface area contributed by atoms with Crippen molar-refractivity contribution >= 4 is 13.2 Å². The van der Waals surface area contributed by atoms with Crippen molar-refractivity contribution in [3.8, 4) is 0 Å². The van der Waals surface area contributed by atoms with Crippen molar-refractivity contribution in [2.24, 2.45) is 0 Å². The van der Waals surface area contributed by atoms with Crippen molar-refractivity contribution in [1.82, 2.24) is 0 Å². The first-order valence-electron chi connectivity index (χ1n) is 6.45. The highest BCUT2D eigenvalue weighted by molar-refractivity contribution is 7.65. The fourth-order valence-electron chi connectivity index (χ4n) is 1.87. The second-order valence-corrected chi connectivity index (χ2v) is 6.78. The summed E-state index contributed by atoms with van der Waals surface area (Å²) in [4.78, 5) is 0. The Kier molecular flexibility index (Phi) is 6.73. The predicted molar refractivity (Wildman–Crippen MR) is 77.0 cm³/mol. The molecular formula is C15H24P. The van der Waals surface area contributed by atoms with E-state index in [1.54, 1.807) is 5.30 Å². The lowest BCUT2D eigenvalue weighted by Crippen LogP contribution is -2.09. The zero-order valence-electron chi connectivity index (χ0n) is 10.7. The molecular weight excluding hydrogens is 211 g/mol. The Balaban J connectivity index is 2.70. The van der Waals surface area contributed by atoms with Crippen LogP contribution in [0.1, 0.15) is 45.1 Å². The smallest absolute Gasteiger partial charge is 0.0208 e. The molecule has 0 unspecified atom stereocenters. The van der Waals surface area contributed by atoms with Crippen molar-refractivity contribution in [2.45, 2.75) is 39.5 Å². The molecule has 1 rings (SSSR count). The van der Waals surface area contributed by atoms with Gasteiger partial charge in [0.15, 0.2) is 0 Å². The van der Waals surface area contributed by atoms with Gasteiger partial charge in [-0.1, -0.05) is 58.9 Å². The van der Waals surface area contributed by atoms with Crippen LogP contribution < -0.4 is 5.30 Å². The molecule has 0 spiro atoms. The largest absolute Gasteiger partial charge is 0.0750 e. The van der Waals surface area contributed by atoms with Gasteiger partial charge in [0.2, 0.25) is 0 Å². The Morgan fingerprint density at radius 1 is 1.00 bits per heavy atom. The molecule has 1 radical (unpaired) electrons. The zero-order valence-corrected chi connectivity index (χ0v) is 11.6. The van der Waals surface area contributed by atoms with Gasteiger partial charge in [0, 0.05) is 0 Å². The molecule has 1 heteroatoms. The summed E-state index contributed by atoms with van der Waals surface area (Å²) >= 11 is 0. The van der Waals surface area contributed by atoms with Gasteiger partial charge in [0.25, 0.3) is 0 Å². The molecule has 0 aliphatic heterocycles.